The van der Waals surface area contributed by atoms with Crippen LogP contribution < -0.4 is 0 Å². The first-order valence-electron chi connectivity index (χ1n) is 21.5. The fourth-order valence-electron chi connectivity index (χ4n) is 7.55. The van der Waals surface area contributed by atoms with Crippen molar-refractivity contribution >= 4 is 64.1 Å². The maximum absolute atomic E-state index is 9.18. The highest BCUT2D eigenvalue weighted by Crippen LogP contribution is 2.42. The molecule has 0 saturated heterocycles. The first-order chi connectivity index (χ1) is 30.1. The van der Waals surface area contributed by atoms with E-state index in [1.165, 1.54) is 4.57 Å². The largest absolute Gasteiger partial charge is 0.309 e. The summed E-state index contributed by atoms with van der Waals surface area (Å²) in [4.78, 5) is 15.7. The third-order valence-electron chi connectivity index (χ3n) is 9.95. The van der Waals surface area contributed by atoms with Gasteiger partial charge in [0.15, 0.2) is 17.5 Å². The van der Waals surface area contributed by atoms with Gasteiger partial charge in [-0.15, -0.1) is 11.3 Å². The van der Waals surface area contributed by atoms with Crippen molar-refractivity contribution in [1.82, 2.24) is 19.5 Å². The minimum absolute atomic E-state index is 0.00900. The van der Waals surface area contributed by atoms with Gasteiger partial charge in [-0.25, -0.2) is 15.0 Å². The number of fused-ring (bicyclic) bond motifs is 7. The topological polar surface area (TPSA) is 43.6 Å². The maximum atomic E-state index is 9.18. The quantitative estimate of drug-likeness (QED) is 0.178. The molecule has 0 N–H and O–H groups in total. The van der Waals surface area contributed by atoms with Crippen LogP contribution in [0.3, 0.4) is 0 Å². The van der Waals surface area contributed by atoms with Crippen LogP contribution in [0.5, 0.6) is 0 Å². The molecule has 4 nitrogen and oxygen atoms in total. The van der Waals surface area contributed by atoms with Crippen molar-refractivity contribution in [1.29, 1.82) is 0 Å². The van der Waals surface area contributed by atoms with Crippen molar-refractivity contribution in [3.8, 4) is 51.0 Å². The lowest BCUT2D eigenvalue weighted by atomic mass is 9.94. The number of rotatable bonds is 5. The highest BCUT2D eigenvalue weighted by molar-refractivity contribution is 7.26. The average molecular weight is 715 g/mol. The number of thiophene rings is 1. The molecule has 0 unspecified atom stereocenters. The van der Waals surface area contributed by atoms with Crippen molar-refractivity contribution in [2.75, 3.05) is 0 Å². The summed E-state index contributed by atoms with van der Waals surface area (Å²) in [7, 11) is 0. The van der Waals surface area contributed by atoms with Crippen LogP contribution in [0.25, 0.3) is 104 Å². The fourth-order valence-corrected chi connectivity index (χ4v) is 8.76. The molecule has 0 fully saturated rings. The van der Waals surface area contributed by atoms with Gasteiger partial charge in [-0.3, -0.25) is 0 Å². The number of hydrogen-bond donors (Lipinski definition) is 0. The summed E-state index contributed by atoms with van der Waals surface area (Å²) in [5.41, 5.74) is 4.30. The van der Waals surface area contributed by atoms with E-state index in [1.807, 2.05) is 72.8 Å². The van der Waals surface area contributed by atoms with Gasteiger partial charge in [0.25, 0.3) is 0 Å². The molecule has 0 spiro atoms. The van der Waals surface area contributed by atoms with Gasteiger partial charge in [-0.1, -0.05) is 145 Å². The molecule has 11 aromatic rings. The molecule has 0 atom stereocenters. The number of para-hydroxylation sites is 3. The number of aromatic nitrogens is 4. The van der Waals surface area contributed by atoms with E-state index >= 15 is 0 Å². The Morgan fingerprint density at radius 1 is 0.407 bits per heavy atom. The summed E-state index contributed by atoms with van der Waals surface area (Å²) in [6.45, 7) is 0. The summed E-state index contributed by atoms with van der Waals surface area (Å²) >= 11 is 1.65. The van der Waals surface area contributed by atoms with Crippen LogP contribution in [0.15, 0.2) is 182 Å². The Labute approximate surface area is 326 Å². The van der Waals surface area contributed by atoms with E-state index in [-0.39, 0.29) is 39.7 Å². The Morgan fingerprint density at radius 2 is 0.926 bits per heavy atom. The molecule has 54 heavy (non-hydrogen) atoms. The molecule has 0 amide bonds. The van der Waals surface area contributed by atoms with E-state index in [0.29, 0.717) is 22.9 Å². The fraction of sp³-hybridized carbons (Fsp3) is 0. The molecule has 3 aromatic heterocycles. The zero-order valence-electron chi connectivity index (χ0n) is 36.4. The minimum Gasteiger partial charge on any atom is -0.309 e. The van der Waals surface area contributed by atoms with Gasteiger partial charge in [-0.05, 0) is 58.2 Å². The smallest absolute Gasteiger partial charge is 0.166 e. The number of nitrogens with zero attached hydrogens (tertiary/aromatic N) is 4. The van der Waals surface area contributed by atoms with Crippen LogP contribution in [-0.4, -0.2) is 19.5 Å². The van der Waals surface area contributed by atoms with Crippen LogP contribution in [-0.2, 0) is 0 Å². The Morgan fingerprint density at radius 3 is 1.72 bits per heavy atom. The second-order valence-corrected chi connectivity index (χ2v) is 14.0. The Kier molecular flexibility index (Phi) is 5.39. The van der Waals surface area contributed by atoms with Gasteiger partial charge in [0.05, 0.1) is 27.7 Å². The third-order valence-corrected chi connectivity index (χ3v) is 11.2. The lowest BCUT2D eigenvalue weighted by Gasteiger charge is -2.16. The van der Waals surface area contributed by atoms with Gasteiger partial charge in [0, 0.05) is 47.6 Å². The second-order valence-electron chi connectivity index (χ2n) is 13.0. The third kappa shape index (κ3) is 4.79. The first kappa shape index (κ1) is 23.6. The molecule has 0 aliphatic carbocycles. The summed E-state index contributed by atoms with van der Waals surface area (Å²) in [6.07, 6.45) is 0. The van der Waals surface area contributed by atoms with Crippen LogP contribution in [0.2, 0.25) is 0 Å². The van der Waals surface area contributed by atoms with Crippen molar-refractivity contribution in [3.05, 3.63) is 182 Å². The van der Waals surface area contributed by atoms with Gasteiger partial charge in [0.2, 0.25) is 0 Å². The second kappa shape index (κ2) is 12.3. The maximum Gasteiger partial charge on any atom is 0.166 e. The normalized spacial score (nSPS) is 13.8. The Hall–Kier alpha value is -6.95. The molecule has 5 heteroatoms. The molecule has 0 radical (unpaired) electrons. The minimum atomic E-state index is -0.505. The van der Waals surface area contributed by atoms with Crippen LogP contribution in [0.1, 0.15) is 11.0 Å². The summed E-state index contributed by atoms with van der Waals surface area (Å²) < 4.78 is 74.5. The Balaban J connectivity index is 1.25. The lowest BCUT2D eigenvalue weighted by molar-refractivity contribution is 1.07. The van der Waals surface area contributed by atoms with Gasteiger partial charge in [-0.2, -0.15) is 0 Å². The highest BCUT2D eigenvalue weighted by Gasteiger charge is 2.22. The molecule has 0 aliphatic rings. The predicted molar refractivity (Wildman–Crippen MR) is 226 cm³/mol. The molecule has 3 heterocycles. The van der Waals surface area contributed by atoms with Crippen molar-refractivity contribution in [2.24, 2.45) is 0 Å². The monoisotopic (exact) mass is 714 g/mol. The van der Waals surface area contributed by atoms with E-state index in [1.54, 1.807) is 23.5 Å². The summed E-state index contributed by atoms with van der Waals surface area (Å²) in [5.74, 6) is 1.06. The van der Waals surface area contributed by atoms with Crippen molar-refractivity contribution < 1.29 is 11.0 Å². The number of hydrogen-bond acceptors (Lipinski definition) is 4. The molecule has 0 aliphatic heterocycles. The predicted octanol–water partition coefficient (Wildman–Crippen LogP) is 13.2. The highest BCUT2D eigenvalue weighted by atomic mass is 32.1. The standard InChI is InChI=1S/C49H30N4S/c1-2-17-32-31(15-1)16-13-24-33(32)34-18-3-4-22-39(34)47-50-48(52-49(51-47)41-26-14-25-38-37-21-8-12-30-45(37)54-46(38)41)40-23-7-11-29-44(40)53-42-27-9-5-19-35(42)36-20-6-10-28-43(36)53/h1-30H/i5D,6D,9D,10D,19D,20D,27D,28D. The summed E-state index contributed by atoms with van der Waals surface area (Å²) in [5, 5.41) is 4.32. The van der Waals surface area contributed by atoms with Crippen molar-refractivity contribution in [2.45, 2.75) is 0 Å². The van der Waals surface area contributed by atoms with Gasteiger partial charge < -0.3 is 4.57 Å². The van der Waals surface area contributed by atoms with Gasteiger partial charge >= 0.3 is 0 Å². The molecular formula is C49H30N4S. The Bertz CT molecular complexity index is 3630. The van der Waals surface area contributed by atoms with Gasteiger partial charge in [0.1, 0.15) is 0 Å². The first-order valence-corrected chi connectivity index (χ1v) is 18.3. The van der Waals surface area contributed by atoms with E-state index in [9.17, 15) is 2.74 Å². The molecular weight excluding hydrogens is 677 g/mol. The SMILES string of the molecule is [2H]c1c([2H])c([2H])c2c(c1[2H])c1c([2H])c([2H])c([2H])c([2H])c1n2-c1ccccc1-c1nc(-c2ccccc2-c2cccc3ccccc23)nc(-c2cccc3c2sc2ccccc23)n1. The average Bonchev–Trinajstić information content (AvgIpc) is 3.88. The molecule has 0 saturated carbocycles. The van der Waals surface area contributed by atoms with Crippen LogP contribution >= 0.6 is 11.3 Å². The molecule has 252 valence electrons. The van der Waals surface area contributed by atoms with Crippen molar-refractivity contribution in [3.63, 3.8) is 0 Å². The van der Waals surface area contributed by atoms with Crippen LogP contribution in [0, 0.1) is 0 Å². The molecule has 8 aromatic carbocycles. The van der Waals surface area contributed by atoms with E-state index in [2.05, 4.69) is 48.5 Å². The number of benzene rings is 8. The summed E-state index contributed by atoms with van der Waals surface area (Å²) in [6, 6.07) is 40.3. The molecule has 0 bridgehead atoms. The van der Waals surface area contributed by atoms with E-state index in [4.69, 9.17) is 23.2 Å². The lowest BCUT2D eigenvalue weighted by Crippen LogP contribution is -2.04. The zero-order chi connectivity index (χ0) is 42.6. The van der Waals surface area contributed by atoms with Crippen LogP contribution in [0.4, 0.5) is 0 Å². The van der Waals surface area contributed by atoms with E-state index < -0.39 is 36.3 Å². The zero-order valence-corrected chi connectivity index (χ0v) is 29.2. The van der Waals surface area contributed by atoms with E-state index in [0.717, 1.165) is 53.2 Å². The molecule has 11 rings (SSSR count).